The topological polar surface area (TPSA) is 34.2 Å². The van der Waals surface area contributed by atoms with Crippen molar-refractivity contribution < 1.29 is 4.74 Å². The second kappa shape index (κ2) is 6.76. The molecule has 3 nitrogen and oxygen atoms in total. The fraction of sp³-hybridized carbons (Fsp3) is 0.824. The highest BCUT2D eigenvalue weighted by atomic mass is 32.1. The molecule has 21 heavy (non-hydrogen) atoms. The van der Waals surface area contributed by atoms with E-state index < -0.39 is 0 Å². The third-order valence-electron chi connectivity index (χ3n) is 5.01. The van der Waals surface area contributed by atoms with E-state index in [4.69, 9.17) is 9.72 Å². The number of hydrogen-bond donors (Lipinski definition) is 1. The number of rotatable bonds is 5. The Morgan fingerprint density at radius 2 is 2.19 bits per heavy atom. The van der Waals surface area contributed by atoms with Crippen LogP contribution in [0.1, 0.15) is 67.4 Å². The number of thiazole rings is 1. The molecule has 0 radical (unpaired) electrons. The van der Waals surface area contributed by atoms with Crippen molar-refractivity contribution in [1.29, 1.82) is 0 Å². The van der Waals surface area contributed by atoms with Crippen LogP contribution in [-0.4, -0.2) is 24.7 Å². The van der Waals surface area contributed by atoms with Gasteiger partial charge in [0.15, 0.2) is 0 Å². The van der Waals surface area contributed by atoms with E-state index >= 15 is 0 Å². The standard InChI is InChI=1S/C17H28N2OS/c1-3-11-18-17(10-6-7-13(12-17)20-2)16-19-14-8-4-5-9-15(14)21-16/h13,18H,3-12H2,1-2H3. The molecule has 1 fully saturated rings. The minimum Gasteiger partial charge on any atom is -0.381 e. The zero-order valence-corrected chi connectivity index (χ0v) is 14.2. The highest BCUT2D eigenvalue weighted by Gasteiger charge is 2.40. The molecule has 0 aliphatic heterocycles. The predicted molar refractivity (Wildman–Crippen MR) is 88.0 cm³/mol. The summed E-state index contributed by atoms with van der Waals surface area (Å²) in [6, 6.07) is 0. The summed E-state index contributed by atoms with van der Waals surface area (Å²) in [7, 11) is 1.85. The molecule has 0 bridgehead atoms. The van der Waals surface area contributed by atoms with Gasteiger partial charge in [-0.15, -0.1) is 11.3 Å². The lowest BCUT2D eigenvalue weighted by Crippen LogP contribution is -2.48. The maximum absolute atomic E-state index is 5.69. The summed E-state index contributed by atoms with van der Waals surface area (Å²) < 4.78 is 5.69. The molecule has 1 saturated carbocycles. The second-order valence-electron chi connectivity index (χ2n) is 6.56. The van der Waals surface area contributed by atoms with E-state index in [1.807, 2.05) is 18.4 Å². The minimum absolute atomic E-state index is 0.0664. The molecule has 0 aromatic carbocycles. The zero-order valence-electron chi connectivity index (χ0n) is 13.4. The molecule has 1 aromatic heterocycles. The summed E-state index contributed by atoms with van der Waals surface area (Å²) in [5, 5.41) is 5.18. The molecule has 2 aliphatic rings. The summed E-state index contributed by atoms with van der Waals surface area (Å²) in [6.45, 7) is 3.31. The first-order chi connectivity index (χ1) is 10.3. The summed E-state index contributed by atoms with van der Waals surface area (Å²) >= 11 is 1.97. The molecule has 2 atom stereocenters. The molecule has 0 amide bonds. The van der Waals surface area contributed by atoms with Crippen molar-refractivity contribution in [3.05, 3.63) is 15.6 Å². The van der Waals surface area contributed by atoms with Crippen LogP contribution in [0.25, 0.3) is 0 Å². The SMILES string of the molecule is CCCNC1(c2nc3c(s2)CCCC3)CCCC(OC)C1. The van der Waals surface area contributed by atoms with E-state index in [1.54, 1.807) is 4.88 Å². The van der Waals surface area contributed by atoms with E-state index in [1.165, 1.54) is 62.1 Å². The fourth-order valence-electron chi connectivity index (χ4n) is 3.78. The average Bonchev–Trinajstić information content (AvgIpc) is 2.98. The van der Waals surface area contributed by atoms with Crippen molar-refractivity contribution in [3.63, 3.8) is 0 Å². The van der Waals surface area contributed by atoms with Gasteiger partial charge in [-0.05, 0) is 64.3 Å². The van der Waals surface area contributed by atoms with Gasteiger partial charge in [0, 0.05) is 12.0 Å². The maximum Gasteiger partial charge on any atom is 0.113 e. The highest BCUT2D eigenvalue weighted by Crippen LogP contribution is 2.42. The fourth-order valence-corrected chi connectivity index (χ4v) is 5.13. The normalized spacial score (nSPS) is 29.3. The average molecular weight is 308 g/mol. The maximum atomic E-state index is 5.69. The van der Waals surface area contributed by atoms with E-state index in [9.17, 15) is 0 Å². The Kier molecular flexibility index (Phi) is 4.97. The molecule has 3 rings (SSSR count). The molecule has 2 aliphatic carbocycles. The number of methoxy groups -OCH3 is 1. The second-order valence-corrected chi connectivity index (χ2v) is 7.64. The molecule has 2 unspecified atom stereocenters. The molecule has 1 N–H and O–H groups in total. The quantitative estimate of drug-likeness (QED) is 0.898. The Hall–Kier alpha value is -0.450. The van der Waals surface area contributed by atoms with Gasteiger partial charge in [0.2, 0.25) is 0 Å². The molecular formula is C17H28N2OS. The van der Waals surface area contributed by atoms with Crippen LogP contribution in [0.5, 0.6) is 0 Å². The van der Waals surface area contributed by atoms with Gasteiger partial charge in [-0.25, -0.2) is 4.98 Å². The molecule has 1 heterocycles. The third kappa shape index (κ3) is 3.17. The van der Waals surface area contributed by atoms with Gasteiger partial charge in [0.05, 0.1) is 17.3 Å². The van der Waals surface area contributed by atoms with Crippen LogP contribution in [0.4, 0.5) is 0 Å². The van der Waals surface area contributed by atoms with Crippen LogP contribution in [0.15, 0.2) is 0 Å². The number of nitrogens with one attached hydrogen (secondary N) is 1. The first-order valence-corrected chi connectivity index (χ1v) is 9.36. The van der Waals surface area contributed by atoms with Crippen molar-refractivity contribution in [1.82, 2.24) is 10.3 Å². The minimum atomic E-state index is 0.0664. The van der Waals surface area contributed by atoms with Crippen molar-refractivity contribution in [2.45, 2.75) is 76.4 Å². The van der Waals surface area contributed by atoms with Gasteiger partial charge in [-0.2, -0.15) is 0 Å². The van der Waals surface area contributed by atoms with Crippen LogP contribution >= 0.6 is 11.3 Å². The highest BCUT2D eigenvalue weighted by molar-refractivity contribution is 7.11. The lowest BCUT2D eigenvalue weighted by molar-refractivity contribution is 0.0291. The van der Waals surface area contributed by atoms with Gasteiger partial charge in [0.25, 0.3) is 0 Å². The van der Waals surface area contributed by atoms with Crippen LogP contribution in [-0.2, 0) is 23.1 Å². The van der Waals surface area contributed by atoms with E-state index in [2.05, 4.69) is 12.2 Å². The van der Waals surface area contributed by atoms with Crippen LogP contribution in [0, 0.1) is 0 Å². The first kappa shape index (κ1) is 15.4. The zero-order chi connectivity index (χ0) is 14.7. The number of nitrogens with zero attached hydrogens (tertiary/aromatic N) is 1. The van der Waals surface area contributed by atoms with E-state index in [0.717, 1.165) is 13.0 Å². The predicted octanol–water partition coefficient (Wildman–Crippen LogP) is 3.81. The van der Waals surface area contributed by atoms with Gasteiger partial charge in [-0.3, -0.25) is 0 Å². The van der Waals surface area contributed by atoms with Crippen molar-refractivity contribution in [3.8, 4) is 0 Å². The van der Waals surface area contributed by atoms with Gasteiger partial charge in [-0.1, -0.05) is 6.92 Å². The van der Waals surface area contributed by atoms with E-state index in [-0.39, 0.29) is 5.54 Å². The first-order valence-electron chi connectivity index (χ1n) is 8.54. The summed E-state index contributed by atoms with van der Waals surface area (Å²) in [5.41, 5.74) is 1.45. The number of aromatic nitrogens is 1. The monoisotopic (exact) mass is 308 g/mol. The number of hydrogen-bond acceptors (Lipinski definition) is 4. The number of aryl methyl sites for hydroxylation is 2. The molecular weight excluding hydrogens is 280 g/mol. The van der Waals surface area contributed by atoms with E-state index in [0.29, 0.717) is 6.10 Å². The number of fused-ring (bicyclic) bond motifs is 1. The van der Waals surface area contributed by atoms with Gasteiger partial charge < -0.3 is 10.1 Å². The van der Waals surface area contributed by atoms with Crippen LogP contribution < -0.4 is 5.32 Å². The van der Waals surface area contributed by atoms with Gasteiger partial charge >= 0.3 is 0 Å². The molecule has 4 heteroatoms. The number of ether oxygens (including phenoxy) is 1. The Morgan fingerprint density at radius 3 is 2.95 bits per heavy atom. The molecule has 1 aromatic rings. The van der Waals surface area contributed by atoms with Crippen LogP contribution in [0.2, 0.25) is 0 Å². The van der Waals surface area contributed by atoms with Crippen molar-refractivity contribution in [2.24, 2.45) is 0 Å². The van der Waals surface area contributed by atoms with Crippen molar-refractivity contribution >= 4 is 11.3 Å². The largest absolute Gasteiger partial charge is 0.381 e. The lowest BCUT2D eigenvalue weighted by Gasteiger charge is -2.40. The lowest BCUT2D eigenvalue weighted by atomic mass is 9.80. The van der Waals surface area contributed by atoms with Crippen LogP contribution in [0.3, 0.4) is 0 Å². The Bertz CT molecular complexity index is 450. The Morgan fingerprint density at radius 1 is 1.33 bits per heavy atom. The van der Waals surface area contributed by atoms with Crippen molar-refractivity contribution in [2.75, 3.05) is 13.7 Å². The third-order valence-corrected chi connectivity index (χ3v) is 6.37. The Balaban J connectivity index is 1.88. The summed E-state index contributed by atoms with van der Waals surface area (Å²) in [4.78, 5) is 6.62. The molecule has 0 saturated heterocycles. The summed E-state index contributed by atoms with van der Waals surface area (Å²) in [5.74, 6) is 0. The smallest absolute Gasteiger partial charge is 0.113 e. The molecule has 118 valence electrons. The van der Waals surface area contributed by atoms with Gasteiger partial charge in [0.1, 0.15) is 5.01 Å². The molecule has 0 spiro atoms. The Labute approximate surface area is 132 Å². The summed E-state index contributed by atoms with van der Waals surface area (Å²) in [6.07, 6.45) is 11.3.